The summed E-state index contributed by atoms with van der Waals surface area (Å²) in [5.41, 5.74) is 3.36. The number of sulfone groups is 1. The summed E-state index contributed by atoms with van der Waals surface area (Å²) in [7, 11) is -3.47. The first-order valence-corrected chi connectivity index (χ1v) is 13.2. The molecular formula is C25H25FN4O3S. The molecule has 1 aliphatic heterocycles. The normalized spacial score (nSPS) is 15.2. The molecule has 0 saturated carbocycles. The maximum Gasteiger partial charge on any atom is 0.225 e. The SMILES string of the molecule is CCc1cnc(N2CCC(c3nc4cc(-c5ccc(S(C)(=O)=O)cc5F)ccc4o3)CC2)nc1. The predicted octanol–water partition coefficient (Wildman–Crippen LogP) is 4.77. The molecular weight excluding hydrogens is 455 g/mol. The maximum absolute atomic E-state index is 14.7. The third-order valence-electron chi connectivity index (χ3n) is 6.31. The Labute approximate surface area is 197 Å². The van der Waals surface area contributed by atoms with Gasteiger partial charge >= 0.3 is 0 Å². The molecule has 5 rings (SSSR count). The van der Waals surface area contributed by atoms with E-state index in [1.807, 2.05) is 12.4 Å². The second-order valence-corrected chi connectivity index (χ2v) is 10.7. The molecule has 0 bridgehead atoms. The van der Waals surface area contributed by atoms with Crippen molar-refractivity contribution in [3.8, 4) is 11.1 Å². The first-order chi connectivity index (χ1) is 16.3. The quantitative estimate of drug-likeness (QED) is 0.406. The molecule has 0 aliphatic carbocycles. The van der Waals surface area contributed by atoms with Crippen molar-refractivity contribution in [2.45, 2.75) is 37.0 Å². The van der Waals surface area contributed by atoms with Gasteiger partial charge in [0, 0.05) is 43.2 Å². The van der Waals surface area contributed by atoms with E-state index in [0.717, 1.165) is 56.2 Å². The van der Waals surface area contributed by atoms with Gasteiger partial charge in [0.15, 0.2) is 21.3 Å². The fraction of sp³-hybridized carbons (Fsp3) is 0.320. The van der Waals surface area contributed by atoms with E-state index in [4.69, 9.17) is 9.40 Å². The average Bonchev–Trinajstić information content (AvgIpc) is 3.27. The monoisotopic (exact) mass is 480 g/mol. The van der Waals surface area contributed by atoms with E-state index in [2.05, 4.69) is 21.8 Å². The predicted molar refractivity (Wildman–Crippen MR) is 128 cm³/mol. The summed E-state index contributed by atoms with van der Waals surface area (Å²) in [5.74, 6) is 1.03. The highest BCUT2D eigenvalue weighted by atomic mass is 32.2. The van der Waals surface area contributed by atoms with Crippen molar-refractivity contribution in [3.05, 3.63) is 66.1 Å². The lowest BCUT2D eigenvalue weighted by atomic mass is 9.97. The fourth-order valence-electron chi connectivity index (χ4n) is 4.27. The van der Waals surface area contributed by atoms with Gasteiger partial charge in [-0.1, -0.05) is 19.1 Å². The van der Waals surface area contributed by atoms with Crippen LogP contribution in [0.3, 0.4) is 0 Å². The van der Waals surface area contributed by atoms with Crippen LogP contribution in [-0.2, 0) is 16.3 Å². The van der Waals surface area contributed by atoms with Crippen molar-refractivity contribution >= 4 is 26.9 Å². The lowest BCUT2D eigenvalue weighted by Gasteiger charge is -2.30. The Bertz CT molecular complexity index is 1440. The number of halogens is 1. The minimum Gasteiger partial charge on any atom is -0.440 e. The summed E-state index contributed by atoms with van der Waals surface area (Å²) in [6, 6.07) is 9.27. The molecule has 0 atom stereocenters. The van der Waals surface area contributed by atoms with Crippen LogP contribution in [0.25, 0.3) is 22.2 Å². The third kappa shape index (κ3) is 4.40. The average molecular weight is 481 g/mol. The highest BCUT2D eigenvalue weighted by Crippen LogP contribution is 2.33. The van der Waals surface area contributed by atoms with Gasteiger partial charge in [-0.2, -0.15) is 0 Å². The second-order valence-electron chi connectivity index (χ2n) is 8.65. The third-order valence-corrected chi connectivity index (χ3v) is 7.42. The number of nitrogens with zero attached hydrogens (tertiary/aromatic N) is 4. The number of hydrogen-bond donors (Lipinski definition) is 0. The Morgan fingerprint density at radius 2 is 1.82 bits per heavy atom. The van der Waals surface area contributed by atoms with Crippen molar-refractivity contribution in [2.75, 3.05) is 24.2 Å². The first-order valence-electron chi connectivity index (χ1n) is 11.3. The molecule has 3 heterocycles. The molecule has 7 nitrogen and oxygen atoms in total. The molecule has 2 aromatic carbocycles. The van der Waals surface area contributed by atoms with Crippen LogP contribution in [0.15, 0.2) is 58.1 Å². The van der Waals surface area contributed by atoms with Crippen molar-refractivity contribution in [1.82, 2.24) is 15.0 Å². The summed E-state index contributed by atoms with van der Waals surface area (Å²) < 4.78 is 44.1. The smallest absolute Gasteiger partial charge is 0.225 e. The number of oxazole rings is 1. The summed E-state index contributed by atoms with van der Waals surface area (Å²) in [6.07, 6.45) is 7.49. The van der Waals surface area contributed by atoms with Gasteiger partial charge in [-0.25, -0.2) is 27.8 Å². The summed E-state index contributed by atoms with van der Waals surface area (Å²) >= 11 is 0. The Balaban J connectivity index is 1.33. The largest absolute Gasteiger partial charge is 0.440 e. The first kappa shape index (κ1) is 22.5. The Morgan fingerprint density at radius 1 is 1.09 bits per heavy atom. The molecule has 0 N–H and O–H groups in total. The minimum atomic E-state index is -3.47. The van der Waals surface area contributed by atoms with E-state index in [-0.39, 0.29) is 10.8 Å². The lowest BCUT2D eigenvalue weighted by molar-refractivity contribution is 0.405. The van der Waals surface area contributed by atoms with Crippen LogP contribution in [0.4, 0.5) is 10.3 Å². The molecule has 34 heavy (non-hydrogen) atoms. The number of piperidine rings is 1. The van der Waals surface area contributed by atoms with Crippen molar-refractivity contribution in [1.29, 1.82) is 0 Å². The molecule has 9 heteroatoms. The molecule has 1 aliphatic rings. The molecule has 0 radical (unpaired) electrons. The minimum absolute atomic E-state index is 0.0448. The molecule has 1 saturated heterocycles. The molecule has 0 spiro atoms. The standard InChI is InChI=1S/C25H25FN4O3S/c1-3-16-14-27-25(28-15-16)30-10-8-17(9-11-30)24-29-22-12-18(4-7-23(22)33-24)20-6-5-19(13-21(20)26)34(2,31)32/h4-7,12-15,17H,3,8-11H2,1-2H3. The van der Waals surface area contributed by atoms with Crippen molar-refractivity contribution < 1.29 is 17.2 Å². The van der Waals surface area contributed by atoms with Crippen LogP contribution < -0.4 is 4.90 Å². The van der Waals surface area contributed by atoms with E-state index < -0.39 is 15.7 Å². The van der Waals surface area contributed by atoms with Crippen LogP contribution in [0, 0.1) is 5.82 Å². The van der Waals surface area contributed by atoms with Crippen molar-refractivity contribution in [2.24, 2.45) is 0 Å². The molecule has 0 unspecified atom stereocenters. The fourth-order valence-corrected chi connectivity index (χ4v) is 4.90. The van der Waals surface area contributed by atoms with Crippen LogP contribution >= 0.6 is 0 Å². The number of anilines is 1. The number of fused-ring (bicyclic) bond motifs is 1. The Kier molecular flexibility index (Phi) is 5.81. The van der Waals surface area contributed by atoms with Crippen LogP contribution in [0.2, 0.25) is 0 Å². The number of aryl methyl sites for hydroxylation is 1. The summed E-state index contributed by atoms with van der Waals surface area (Å²) in [5, 5.41) is 0. The van der Waals surface area contributed by atoms with Crippen LogP contribution in [0.1, 0.15) is 37.1 Å². The second kappa shape index (κ2) is 8.79. The molecule has 1 fully saturated rings. The number of rotatable bonds is 5. The van der Waals surface area contributed by atoms with Gasteiger partial charge in [0.1, 0.15) is 11.3 Å². The number of hydrogen-bond acceptors (Lipinski definition) is 7. The summed E-state index contributed by atoms with van der Waals surface area (Å²) in [6.45, 7) is 3.72. The lowest BCUT2D eigenvalue weighted by Crippen LogP contribution is -2.34. The Morgan fingerprint density at radius 3 is 2.47 bits per heavy atom. The molecule has 2 aromatic heterocycles. The van der Waals surface area contributed by atoms with E-state index in [0.29, 0.717) is 28.1 Å². The van der Waals surface area contributed by atoms with Gasteiger partial charge in [-0.15, -0.1) is 0 Å². The zero-order valence-electron chi connectivity index (χ0n) is 19.0. The van der Waals surface area contributed by atoms with Gasteiger partial charge in [0.2, 0.25) is 5.95 Å². The van der Waals surface area contributed by atoms with Gasteiger partial charge in [0.05, 0.1) is 4.90 Å². The maximum atomic E-state index is 14.7. The summed E-state index contributed by atoms with van der Waals surface area (Å²) in [4.78, 5) is 15.8. The van der Waals surface area contributed by atoms with Crippen LogP contribution in [-0.4, -0.2) is 42.7 Å². The van der Waals surface area contributed by atoms with Gasteiger partial charge in [-0.05, 0) is 54.7 Å². The van der Waals surface area contributed by atoms with E-state index in [1.165, 1.54) is 12.1 Å². The highest BCUT2D eigenvalue weighted by molar-refractivity contribution is 7.90. The van der Waals surface area contributed by atoms with E-state index in [1.54, 1.807) is 18.2 Å². The molecule has 0 amide bonds. The molecule has 4 aromatic rings. The Hall–Kier alpha value is -3.33. The van der Waals surface area contributed by atoms with E-state index >= 15 is 0 Å². The zero-order chi connectivity index (χ0) is 23.9. The number of benzene rings is 2. The highest BCUT2D eigenvalue weighted by Gasteiger charge is 2.26. The molecule has 176 valence electrons. The van der Waals surface area contributed by atoms with Gasteiger partial charge < -0.3 is 9.32 Å². The number of aromatic nitrogens is 3. The van der Waals surface area contributed by atoms with E-state index in [9.17, 15) is 12.8 Å². The van der Waals surface area contributed by atoms with Crippen molar-refractivity contribution in [3.63, 3.8) is 0 Å². The van der Waals surface area contributed by atoms with Crippen LogP contribution in [0.5, 0.6) is 0 Å². The zero-order valence-corrected chi connectivity index (χ0v) is 19.8. The topological polar surface area (TPSA) is 89.2 Å². The van der Waals surface area contributed by atoms with Gasteiger partial charge in [-0.3, -0.25) is 0 Å². The van der Waals surface area contributed by atoms with Gasteiger partial charge in [0.25, 0.3) is 0 Å².